The summed E-state index contributed by atoms with van der Waals surface area (Å²) in [6.45, 7) is 5.95. The van der Waals surface area contributed by atoms with Crippen molar-refractivity contribution in [2.75, 3.05) is 53.8 Å². The lowest BCUT2D eigenvalue weighted by Gasteiger charge is -2.26. The largest absolute Gasteiger partial charge is 0.388 e. The Bertz CT molecular complexity index is 1000. The van der Waals surface area contributed by atoms with Crippen LogP contribution in [0.15, 0.2) is 66.7 Å². The van der Waals surface area contributed by atoms with Gasteiger partial charge in [-0.15, -0.1) is 0 Å². The zero-order chi connectivity index (χ0) is 20.6. The molecule has 1 aromatic carbocycles. The molecule has 7 nitrogen and oxygen atoms in total. The van der Waals surface area contributed by atoms with E-state index in [1.165, 1.54) is 0 Å². The molecule has 6 rings (SSSR count). The molecule has 3 aliphatic heterocycles. The Kier molecular flexibility index (Phi) is 4.77. The van der Waals surface area contributed by atoms with E-state index in [-0.39, 0.29) is 0 Å². The summed E-state index contributed by atoms with van der Waals surface area (Å²) < 4.78 is 0. The average molecular weight is 407 g/mol. The van der Waals surface area contributed by atoms with Crippen LogP contribution in [-0.4, -0.2) is 74.0 Å². The Morgan fingerprint density at radius 2 is 1.00 bits per heavy atom. The van der Waals surface area contributed by atoms with Gasteiger partial charge in [0.25, 0.3) is 0 Å². The summed E-state index contributed by atoms with van der Waals surface area (Å²) in [7, 11) is 4.43. The lowest BCUT2D eigenvalue weighted by atomic mass is 10.1. The molecule has 2 atom stereocenters. The van der Waals surface area contributed by atoms with Gasteiger partial charge >= 0.3 is 15.1 Å². The molecule has 0 amide bonds. The maximum Gasteiger partial charge on any atom is 0.353 e. The van der Waals surface area contributed by atoms with E-state index in [2.05, 4.69) is 99.9 Å². The molecule has 0 aliphatic carbocycles. The number of benzene rings is 1. The van der Waals surface area contributed by atoms with Crippen LogP contribution in [0.3, 0.4) is 0 Å². The third-order valence-electron chi connectivity index (χ3n) is 6.04. The molecule has 152 valence electrons. The predicted octanol–water partition coefficient (Wildman–Crippen LogP) is 2.27. The molecule has 2 saturated heterocycles. The van der Waals surface area contributed by atoms with E-state index in [1.54, 1.807) is 0 Å². The van der Waals surface area contributed by atoms with E-state index < -0.39 is 0 Å². The van der Waals surface area contributed by atoms with Crippen molar-refractivity contribution in [1.29, 1.82) is 0 Å². The van der Waals surface area contributed by atoms with Gasteiger partial charge in [0.15, 0.2) is 0 Å². The normalized spacial score (nSPS) is 22.4. The molecule has 9 heteroatoms. The number of hydrogen-bond acceptors (Lipinski definition) is 7. The molecule has 5 heterocycles. The molecule has 3 aromatic rings. The number of para-hydroxylation sites is 1. The quantitative estimate of drug-likeness (QED) is 0.574. The highest BCUT2D eigenvalue weighted by Gasteiger charge is 2.29. The van der Waals surface area contributed by atoms with Gasteiger partial charge in [0, 0.05) is 45.0 Å². The Balaban J connectivity index is 1.49. The van der Waals surface area contributed by atoms with Crippen molar-refractivity contribution in [2.45, 2.75) is 0 Å². The van der Waals surface area contributed by atoms with Crippen molar-refractivity contribution >= 4 is 44.1 Å². The first-order valence-corrected chi connectivity index (χ1v) is 10.8. The standard InChI is InChI=1S/C22H23B2N7/c1-2-6-18(7-3-1)31-21-10-4-8-19(25-21)29-16-14-27(23-29)12-13-28-15-17-30(24-28)20-9-5-11-22(31)26-20/h1-11H,12-17H2. The first-order valence-electron chi connectivity index (χ1n) is 10.8. The van der Waals surface area contributed by atoms with Crippen molar-refractivity contribution in [3.8, 4) is 0 Å². The summed E-state index contributed by atoms with van der Waals surface area (Å²) >= 11 is 0. The van der Waals surface area contributed by atoms with Gasteiger partial charge < -0.3 is 19.2 Å². The zero-order valence-corrected chi connectivity index (χ0v) is 17.4. The second kappa shape index (κ2) is 7.90. The minimum absolute atomic E-state index is 0.863. The molecule has 31 heavy (non-hydrogen) atoms. The van der Waals surface area contributed by atoms with Crippen LogP contribution in [0.25, 0.3) is 0 Å². The number of nitrogens with zero attached hydrogens (tertiary/aromatic N) is 7. The molecule has 2 unspecified atom stereocenters. The number of pyridine rings is 2. The van der Waals surface area contributed by atoms with E-state index in [0.29, 0.717) is 0 Å². The van der Waals surface area contributed by atoms with Crippen LogP contribution in [-0.2, 0) is 0 Å². The third kappa shape index (κ3) is 3.64. The smallest absolute Gasteiger partial charge is 0.353 e. The molecule has 0 saturated carbocycles. The molecular weight excluding hydrogens is 384 g/mol. The summed E-state index contributed by atoms with van der Waals surface area (Å²) in [4.78, 5) is 21.5. The number of fused-ring (bicyclic) bond motifs is 10. The Labute approximate surface area is 184 Å². The van der Waals surface area contributed by atoms with Crippen molar-refractivity contribution in [1.82, 2.24) is 19.6 Å². The SMILES string of the molecule is [B]1N2CCN3[B]N(CC3)c3cccc(n3)N(c3ccccc3)c3cccc(n3)N1CC2. The third-order valence-corrected chi connectivity index (χ3v) is 6.04. The number of hydrogen-bond donors (Lipinski definition) is 0. The first kappa shape index (κ1) is 18.7. The maximum atomic E-state index is 5.04. The van der Waals surface area contributed by atoms with Crippen LogP contribution >= 0.6 is 0 Å². The van der Waals surface area contributed by atoms with Gasteiger partial charge in [-0.2, -0.15) is 0 Å². The Morgan fingerprint density at radius 3 is 1.55 bits per heavy atom. The fraction of sp³-hybridized carbons (Fsp3) is 0.273. The summed E-state index contributed by atoms with van der Waals surface area (Å²) in [5, 5.41) is 0. The number of anilines is 5. The second-order valence-electron chi connectivity index (χ2n) is 8.07. The highest BCUT2D eigenvalue weighted by atomic mass is 15.3. The average Bonchev–Trinajstić information content (AvgIpc) is 3.49. The van der Waals surface area contributed by atoms with Crippen LogP contribution in [0, 0.1) is 0 Å². The van der Waals surface area contributed by atoms with Crippen LogP contribution in [0.5, 0.6) is 0 Å². The van der Waals surface area contributed by atoms with Gasteiger partial charge in [0.1, 0.15) is 23.3 Å². The molecule has 0 N–H and O–H groups in total. The maximum absolute atomic E-state index is 5.04. The van der Waals surface area contributed by atoms with Crippen molar-refractivity contribution in [3.05, 3.63) is 66.7 Å². The van der Waals surface area contributed by atoms with Crippen LogP contribution in [0.4, 0.5) is 29.0 Å². The summed E-state index contributed by atoms with van der Waals surface area (Å²) in [5.41, 5.74) is 1.04. The van der Waals surface area contributed by atoms with Gasteiger partial charge in [-0.3, -0.25) is 4.90 Å². The molecular formula is C22H23B2N7. The first-order chi connectivity index (χ1) is 15.3. The van der Waals surface area contributed by atoms with Crippen molar-refractivity contribution in [3.63, 3.8) is 0 Å². The van der Waals surface area contributed by atoms with E-state index >= 15 is 0 Å². The van der Waals surface area contributed by atoms with E-state index in [4.69, 9.17) is 9.97 Å². The van der Waals surface area contributed by atoms with Gasteiger partial charge in [0.2, 0.25) is 0 Å². The van der Waals surface area contributed by atoms with Gasteiger partial charge in [0.05, 0.1) is 0 Å². The highest BCUT2D eigenvalue weighted by Crippen LogP contribution is 2.34. The summed E-state index contributed by atoms with van der Waals surface area (Å²) in [5.74, 6) is 3.65. The number of rotatable bonds is 1. The predicted molar refractivity (Wildman–Crippen MR) is 126 cm³/mol. The molecule has 2 fully saturated rings. The minimum Gasteiger partial charge on any atom is -0.388 e. The number of aromatic nitrogens is 2. The van der Waals surface area contributed by atoms with Gasteiger partial charge in [-0.1, -0.05) is 30.3 Å². The molecule has 2 aromatic heterocycles. The van der Waals surface area contributed by atoms with E-state index in [1.807, 2.05) is 6.07 Å². The van der Waals surface area contributed by atoms with Crippen LogP contribution in [0.2, 0.25) is 0 Å². The Morgan fingerprint density at radius 1 is 0.516 bits per heavy atom. The second-order valence-corrected chi connectivity index (χ2v) is 8.07. The highest BCUT2D eigenvalue weighted by molar-refractivity contribution is 6.40. The molecule has 3 aliphatic rings. The summed E-state index contributed by atoms with van der Waals surface area (Å²) in [6, 6.07) is 22.8. The van der Waals surface area contributed by atoms with Crippen LogP contribution in [0.1, 0.15) is 0 Å². The van der Waals surface area contributed by atoms with Crippen molar-refractivity contribution in [2.24, 2.45) is 0 Å². The van der Waals surface area contributed by atoms with Gasteiger partial charge in [-0.25, -0.2) is 9.97 Å². The lowest BCUT2D eigenvalue weighted by molar-refractivity contribution is 0.398. The molecule has 2 radical (unpaired) electrons. The minimum atomic E-state index is 0.863. The van der Waals surface area contributed by atoms with Crippen molar-refractivity contribution < 1.29 is 0 Å². The Hall–Kier alpha value is -3.03. The summed E-state index contributed by atoms with van der Waals surface area (Å²) in [6.07, 6.45) is 0. The van der Waals surface area contributed by atoms with Crippen LogP contribution < -0.4 is 14.5 Å². The van der Waals surface area contributed by atoms with E-state index in [9.17, 15) is 0 Å². The zero-order valence-electron chi connectivity index (χ0n) is 17.4. The fourth-order valence-electron chi connectivity index (χ4n) is 4.39. The molecule has 0 spiro atoms. The topological polar surface area (TPSA) is 42.0 Å². The monoisotopic (exact) mass is 407 g/mol. The van der Waals surface area contributed by atoms with E-state index in [0.717, 1.165) is 68.2 Å². The fourth-order valence-corrected chi connectivity index (χ4v) is 4.39. The lowest BCUT2D eigenvalue weighted by Crippen LogP contribution is -2.38. The molecule has 8 bridgehead atoms. The van der Waals surface area contributed by atoms with Gasteiger partial charge in [-0.05, 0) is 36.4 Å².